The minimum absolute atomic E-state index is 0.146. The van der Waals surface area contributed by atoms with Crippen LogP contribution >= 0.6 is 0 Å². The lowest BCUT2D eigenvalue weighted by Gasteiger charge is -2.14. The summed E-state index contributed by atoms with van der Waals surface area (Å²) >= 11 is 0. The second kappa shape index (κ2) is 5.64. The number of aryl methyl sites for hydroxylation is 1. The Kier molecular flexibility index (Phi) is 3.93. The van der Waals surface area contributed by atoms with Crippen molar-refractivity contribution in [2.45, 2.75) is 26.8 Å². The largest absolute Gasteiger partial charge is 0.481 e. The van der Waals surface area contributed by atoms with Crippen LogP contribution in [0.1, 0.15) is 22.6 Å². The number of pyridine rings is 1. The van der Waals surface area contributed by atoms with Crippen molar-refractivity contribution in [3.63, 3.8) is 0 Å². The van der Waals surface area contributed by atoms with Crippen molar-refractivity contribution < 1.29 is 9.90 Å². The maximum Gasteiger partial charge on any atom is 0.348 e. The highest BCUT2D eigenvalue weighted by Crippen LogP contribution is 2.11. The van der Waals surface area contributed by atoms with E-state index in [9.17, 15) is 9.59 Å². The van der Waals surface area contributed by atoms with Crippen LogP contribution in [-0.2, 0) is 17.8 Å². The zero-order chi connectivity index (χ0) is 14.7. The lowest BCUT2D eigenvalue weighted by molar-refractivity contribution is -0.136. The van der Waals surface area contributed by atoms with E-state index in [0.717, 1.165) is 5.69 Å². The SMILES string of the molecule is Cc1nc(=O)n(Cc2ccccn2)c(C)c1CC(=O)O. The lowest BCUT2D eigenvalue weighted by Crippen LogP contribution is -2.29. The molecule has 0 aliphatic rings. The first-order valence-electron chi connectivity index (χ1n) is 6.17. The Morgan fingerprint density at radius 1 is 1.35 bits per heavy atom. The van der Waals surface area contributed by atoms with E-state index in [4.69, 9.17) is 5.11 Å². The zero-order valence-corrected chi connectivity index (χ0v) is 11.3. The van der Waals surface area contributed by atoms with E-state index in [0.29, 0.717) is 17.0 Å². The first-order valence-corrected chi connectivity index (χ1v) is 6.17. The second-order valence-electron chi connectivity index (χ2n) is 4.52. The highest BCUT2D eigenvalue weighted by atomic mass is 16.4. The second-order valence-corrected chi connectivity index (χ2v) is 4.52. The van der Waals surface area contributed by atoms with E-state index in [2.05, 4.69) is 9.97 Å². The van der Waals surface area contributed by atoms with Gasteiger partial charge in [-0.1, -0.05) is 6.07 Å². The molecule has 0 fully saturated rings. The number of hydrogen-bond acceptors (Lipinski definition) is 4. The summed E-state index contributed by atoms with van der Waals surface area (Å²) in [7, 11) is 0. The van der Waals surface area contributed by atoms with Crippen LogP contribution in [0.25, 0.3) is 0 Å². The summed E-state index contributed by atoms with van der Waals surface area (Å²) in [5.74, 6) is -0.943. The van der Waals surface area contributed by atoms with Crippen LogP contribution in [0.4, 0.5) is 0 Å². The summed E-state index contributed by atoms with van der Waals surface area (Å²) in [6.45, 7) is 3.67. The molecule has 1 N–H and O–H groups in total. The number of carbonyl (C=O) groups is 1. The number of nitrogens with zero attached hydrogens (tertiary/aromatic N) is 3. The summed E-state index contributed by atoms with van der Waals surface area (Å²) in [4.78, 5) is 30.9. The van der Waals surface area contributed by atoms with Gasteiger partial charge in [0.05, 0.1) is 18.7 Å². The minimum Gasteiger partial charge on any atom is -0.481 e. The van der Waals surface area contributed by atoms with E-state index in [1.54, 1.807) is 26.1 Å². The lowest BCUT2D eigenvalue weighted by atomic mass is 10.1. The third kappa shape index (κ3) is 2.90. The standard InChI is InChI=1S/C14H15N3O3/c1-9-12(7-13(18)19)10(2)17(14(20)16-9)8-11-5-3-4-6-15-11/h3-6H,7-8H2,1-2H3,(H,18,19). The quantitative estimate of drug-likeness (QED) is 0.895. The highest BCUT2D eigenvalue weighted by molar-refractivity contribution is 5.70. The summed E-state index contributed by atoms with van der Waals surface area (Å²) in [5, 5.41) is 8.94. The normalized spacial score (nSPS) is 10.5. The van der Waals surface area contributed by atoms with Crippen LogP contribution in [-0.4, -0.2) is 25.6 Å². The van der Waals surface area contributed by atoms with Crippen molar-refractivity contribution in [1.29, 1.82) is 0 Å². The van der Waals surface area contributed by atoms with Crippen LogP contribution in [0.2, 0.25) is 0 Å². The van der Waals surface area contributed by atoms with Gasteiger partial charge in [-0.15, -0.1) is 0 Å². The molecule has 0 aliphatic heterocycles. The number of hydrogen-bond donors (Lipinski definition) is 1. The zero-order valence-electron chi connectivity index (χ0n) is 11.3. The molecule has 2 rings (SSSR count). The smallest absolute Gasteiger partial charge is 0.348 e. The van der Waals surface area contributed by atoms with Crippen LogP contribution in [0, 0.1) is 13.8 Å². The maximum atomic E-state index is 12.0. The molecule has 104 valence electrons. The van der Waals surface area contributed by atoms with Gasteiger partial charge in [0.25, 0.3) is 0 Å². The molecular formula is C14H15N3O3. The van der Waals surface area contributed by atoms with Gasteiger partial charge in [-0.25, -0.2) is 4.79 Å². The molecule has 20 heavy (non-hydrogen) atoms. The molecule has 6 nitrogen and oxygen atoms in total. The van der Waals surface area contributed by atoms with Gasteiger partial charge in [0, 0.05) is 23.1 Å². The Labute approximate surface area is 115 Å². The minimum atomic E-state index is -0.943. The van der Waals surface area contributed by atoms with Crippen LogP contribution in [0.5, 0.6) is 0 Å². The summed E-state index contributed by atoms with van der Waals surface area (Å²) < 4.78 is 1.45. The van der Waals surface area contributed by atoms with Crippen LogP contribution in [0.3, 0.4) is 0 Å². The molecule has 0 amide bonds. The number of aliphatic carboxylic acids is 1. The topological polar surface area (TPSA) is 85.1 Å². The molecule has 2 aromatic heterocycles. The Morgan fingerprint density at radius 2 is 2.10 bits per heavy atom. The van der Waals surface area contributed by atoms with Crippen molar-refractivity contribution in [2.24, 2.45) is 0 Å². The van der Waals surface area contributed by atoms with Gasteiger partial charge >= 0.3 is 11.7 Å². The fourth-order valence-electron chi connectivity index (χ4n) is 2.09. The van der Waals surface area contributed by atoms with Crippen molar-refractivity contribution in [2.75, 3.05) is 0 Å². The molecular weight excluding hydrogens is 258 g/mol. The third-order valence-electron chi connectivity index (χ3n) is 3.15. The molecule has 0 unspecified atom stereocenters. The maximum absolute atomic E-state index is 12.0. The molecule has 0 saturated carbocycles. The third-order valence-corrected chi connectivity index (χ3v) is 3.15. The van der Waals surface area contributed by atoms with Gasteiger partial charge in [0.15, 0.2) is 0 Å². The molecule has 0 atom stereocenters. The number of carboxylic acid groups (broad SMARTS) is 1. The van der Waals surface area contributed by atoms with E-state index >= 15 is 0 Å². The fraction of sp³-hybridized carbons (Fsp3) is 0.286. The summed E-state index contributed by atoms with van der Waals surface area (Å²) in [6, 6.07) is 5.44. The predicted molar refractivity (Wildman–Crippen MR) is 72.6 cm³/mol. The highest BCUT2D eigenvalue weighted by Gasteiger charge is 2.14. The molecule has 2 aromatic rings. The average molecular weight is 273 g/mol. The Bertz CT molecular complexity index is 693. The van der Waals surface area contributed by atoms with Crippen molar-refractivity contribution in [3.05, 3.63) is 57.5 Å². The van der Waals surface area contributed by atoms with Crippen LogP contribution in [0.15, 0.2) is 29.2 Å². The van der Waals surface area contributed by atoms with Gasteiger partial charge in [-0.2, -0.15) is 4.98 Å². The van der Waals surface area contributed by atoms with E-state index in [1.165, 1.54) is 4.57 Å². The number of carboxylic acids is 1. The predicted octanol–water partition coefficient (Wildman–Crippen LogP) is 0.931. The van der Waals surface area contributed by atoms with Gasteiger partial charge in [0.2, 0.25) is 0 Å². The molecule has 0 radical (unpaired) electrons. The Morgan fingerprint density at radius 3 is 2.70 bits per heavy atom. The average Bonchev–Trinajstić information content (AvgIpc) is 2.40. The Balaban J connectivity index is 2.48. The first-order chi connectivity index (χ1) is 9.49. The van der Waals surface area contributed by atoms with Crippen molar-refractivity contribution >= 4 is 5.97 Å². The molecule has 2 heterocycles. The van der Waals surface area contributed by atoms with Gasteiger partial charge in [-0.3, -0.25) is 14.3 Å². The molecule has 0 spiro atoms. The fourth-order valence-corrected chi connectivity index (χ4v) is 2.09. The molecule has 0 aromatic carbocycles. The van der Waals surface area contributed by atoms with Crippen molar-refractivity contribution in [1.82, 2.24) is 14.5 Å². The van der Waals surface area contributed by atoms with Gasteiger partial charge < -0.3 is 5.11 Å². The van der Waals surface area contributed by atoms with Crippen molar-refractivity contribution in [3.8, 4) is 0 Å². The molecule has 6 heteroatoms. The molecule has 0 bridgehead atoms. The Hall–Kier alpha value is -2.50. The summed E-state index contributed by atoms with van der Waals surface area (Å²) in [6.07, 6.45) is 1.50. The molecule has 0 saturated heterocycles. The summed E-state index contributed by atoms with van der Waals surface area (Å²) in [5.41, 5.74) is 2.00. The van der Waals surface area contributed by atoms with Gasteiger partial charge in [-0.05, 0) is 26.0 Å². The van der Waals surface area contributed by atoms with Crippen LogP contribution < -0.4 is 5.69 Å². The number of rotatable bonds is 4. The van der Waals surface area contributed by atoms with Gasteiger partial charge in [0.1, 0.15) is 0 Å². The van der Waals surface area contributed by atoms with E-state index in [1.807, 2.05) is 12.1 Å². The van der Waals surface area contributed by atoms with E-state index < -0.39 is 5.97 Å². The van der Waals surface area contributed by atoms with E-state index in [-0.39, 0.29) is 18.7 Å². The monoisotopic (exact) mass is 273 g/mol. The number of aromatic nitrogens is 3. The first kappa shape index (κ1) is 13.9. The molecule has 0 aliphatic carbocycles.